The number of amides is 1. The van der Waals surface area contributed by atoms with E-state index in [0.717, 1.165) is 6.42 Å². The van der Waals surface area contributed by atoms with Crippen molar-refractivity contribution < 1.29 is 22.7 Å². The monoisotopic (exact) mass is 401 g/mol. The largest absolute Gasteiger partial charge is 0.494 e. The lowest BCUT2D eigenvalue weighted by Crippen LogP contribution is -2.41. The molecule has 0 radical (unpaired) electrons. The van der Waals surface area contributed by atoms with Crippen LogP contribution in [0.2, 0.25) is 0 Å². The summed E-state index contributed by atoms with van der Waals surface area (Å²) in [7, 11) is 0. The number of aromatic nitrogens is 2. The van der Waals surface area contributed by atoms with E-state index in [1.807, 2.05) is 13.8 Å². The number of halogens is 3. The highest BCUT2D eigenvalue weighted by molar-refractivity contribution is 8.00. The molecule has 0 saturated carbocycles. The number of hydrogen-bond donors (Lipinski definition) is 0. The molecule has 148 valence electrons. The van der Waals surface area contributed by atoms with E-state index in [-0.39, 0.29) is 28.7 Å². The highest BCUT2D eigenvalue weighted by atomic mass is 32.2. The minimum Gasteiger partial charge on any atom is -0.494 e. The number of benzene rings is 1. The molecule has 5 nitrogen and oxygen atoms in total. The fraction of sp³-hybridized carbons (Fsp3) is 0.444. The second-order valence-corrected chi connectivity index (χ2v) is 7.06. The van der Waals surface area contributed by atoms with Crippen LogP contribution in [0.4, 0.5) is 18.0 Å². The molecule has 1 heterocycles. The quantitative estimate of drug-likeness (QED) is 0.460. The first-order valence-electron chi connectivity index (χ1n) is 8.57. The molecular formula is C18H22F3N3O2S. The van der Waals surface area contributed by atoms with E-state index in [0.29, 0.717) is 25.3 Å². The lowest BCUT2D eigenvalue weighted by atomic mass is 10.2. The zero-order chi connectivity index (χ0) is 19.9. The van der Waals surface area contributed by atoms with Gasteiger partial charge in [0.25, 0.3) is 0 Å². The Morgan fingerprint density at radius 2 is 2.04 bits per heavy atom. The average molecular weight is 401 g/mol. The third kappa shape index (κ3) is 6.82. The van der Waals surface area contributed by atoms with Gasteiger partial charge in [-0.2, -0.15) is 13.2 Å². The summed E-state index contributed by atoms with van der Waals surface area (Å²) in [6, 6.07) is 5.70. The molecule has 0 fully saturated rings. The third-order valence-electron chi connectivity index (χ3n) is 3.96. The van der Waals surface area contributed by atoms with E-state index in [4.69, 9.17) is 4.74 Å². The van der Waals surface area contributed by atoms with Crippen molar-refractivity contribution in [3.05, 3.63) is 43.0 Å². The van der Waals surface area contributed by atoms with Crippen LogP contribution in [-0.2, 0) is 0 Å². The number of carbonyl (C=O) groups excluding carboxylic acids is 1. The molecule has 0 spiro atoms. The van der Waals surface area contributed by atoms with Gasteiger partial charge in [-0.1, -0.05) is 6.92 Å². The van der Waals surface area contributed by atoms with Crippen LogP contribution in [0.1, 0.15) is 26.7 Å². The molecule has 0 saturated heterocycles. The number of thioether (sulfide) groups is 1. The van der Waals surface area contributed by atoms with Crippen LogP contribution in [0.3, 0.4) is 0 Å². The Bertz CT molecular complexity index is 706. The van der Waals surface area contributed by atoms with Crippen molar-refractivity contribution >= 4 is 17.8 Å². The number of imidazole rings is 1. The van der Waals surface area contributed by atoms with Crippen molar-refractivity contribution in [2.24, 2.45) is 0 Å². The summed E-state index contributed by atoms with van der Waals surface area (Å²) < 4.78 is 44.0. The van der Waals surface area contributed by atoms with Crippen molar-refractivity contribution in [3.63, 3.8) is 0 Å². The van der Waals surface area contributed by atoms with Crippen molar-refractivity contribution in [3.8, 4) is 5.75 Å². The SMILES string of the molecule is CCC(C)N(CCCOc1ccc(SC(F)(F)F)cc1)C(=O)n1ccnc1. The van der Waals surface area contributed by atoms with Crippen molar-refractivity contribution in [2.45, 2.75) is 43.1 Å². The Balaban J connectivity index is 1.83. The van der Waals surface area contributed by atoms with Gasteiger partial charge in [-0.3, -0.25) is 4.57 Å². The second-order valence-electron chi connectivity index (χ2n) is 5.92. The lowest BCUT2D eigenvalue weighted by Gasteiger charge is -2.28. The summed E-state index contributed by atoms with van der Waals surface area (Å²) >= 11 is -0.158. The van der Waals surface area contributed by atoms with Crippen LogP contribution in [-0.4, -0.2) is 45.2 Å². The Kier molecular flexibility index (Phi) is 7.58. The number of hydrogen-bond acceptors (Lipinski definition) is 4. The molecular weight excluding hydrogens is 379 g/mol. The maximum absolute atomic E-state index is 12.5. The maximum atomic E-state index is 12.5. The molecule has 2 rings (SSSR count). The first-order valence-corrected chi connectivity index (χ1v) is 9.39. The van der Waals surface area contributed by atoms with Gasteiger partial charge in [0.15, 0.2) is 0 Å². The first kappa shape index (κ1) is 21.1. The fourth-order valence-electron chi connectivity index (χ4n) is 2.41. The minimum absolute atomic E-state index is 0.0681. The second kappa shape index (κ2) is 9.68. The molecule has 0 aliphatic rings. The van der Waals surface area contributed by atoms with Crippen LogP contribution in [0.5, 0.6) is 5.75 Å². The van der Waals surface area contributed by atoms with Crippen LogP contribution in [0.25, 0.3) is 0 Å². The summed E-state index contributed by atoms with van der Waals surface area (Å²) in [4.78, 5) is 18.3. The molecule has 0 aliphatic carbocycles. The van der Waals surface area contributed by atoms with Crippen LogP contribution >= 0.6 is 11.8 Å². The predicted octanol–water partition coefficient (Wildman–Crippen LogP) is 5.03. The Morgan fingerprint density at radius 1 is 1.33 bits per heavy atom. The van der Waals surface area contributed by atoms with E-state index in [1.165, 1.54) is 35.2 Å². The molecule has 1 atom stereocenters. The maximum Gasteiger partial charge on any atom is 0.446 e. The van der Waals surface area contributed by atoms with Gasteiger partial charge in [0.2, 0.25) is 0 Å². The predicted molar refractivity (Wildman–Crippen MR) is 97.9 cm³/mol. The summed E-state index contributed by atoms with van der Waals surface area (Å²) in [5, 5.41) is 0. The zero-order valence-corrected chi connectivity index (χ0v) is 16.0. The summed E-state index contributed by atoms with van der Waals surface area (Å²) in [6.45, 7) is 4.85. The fourth-order valence-corrected chi connectivity index (χ4v) is 2.95. The molecule has 1 aromatic carbocycles. The molecule has 1 unspecified atom stereocenters. The molecule has 1 aromatic heterocycles. The molecule has 1 amide bonds. The van der Waals surface area contributed by atoms with E-state index in [1.54, 1.807) is 17.3 Å². The zero-order valence-electron chi connectivity index (χ0n) is 15.1. The first-order chi connectivity index (χ1) is 12.8. The van der Waals surface area contributed by atoms with Crippen LogP contribution in [0.15, 0.2) is 47.9 Å². The van der Waals surface area contributed by atoms with Gasteiger partial charge in [-0.25, -0.2) is 9.78 Å². The smallest absolute Gasteiger partial charge is 0.446 e. The standard InChI is InChI=1S/C18H22F3N3O2S/c1-3-14(2)24(17(25)23-11-9-22-13-23)10-4-12-26-15-5-7-16(8-6-15)27-18(19,20)21/h5-9,11,13-14H,3-4,10,12H2,1-2H3. The van der Waals surface area contributed by atoms with Gasteiger partial charge in [0, 0.05) is 29.9 Å². The van der Waals surface area contributed by atoms with E-state index < -0.39 is 5.51 Å². The number of carbonyl (C=O) groups is 1. The number of nitrogens with zero attached hydrogens (tertiary/aromatic N) is 3. The average Bonchev–Trinajstić information content (AvgIpc) is 3.15. The number of alkyl halides is 3. The Labute approximate surface area is 160 Å². The Morgan fingerprint density at radius 3 is 2.59 bits per heavy atom. The van der Waals surface area contributed by atoms with Gasteiger partial charge in [-0.15, -0.1) is 0 Å². The molecule has 0 N–H and O–H groups in total. The molecule has 0 bridgehead atoms. The summed E-state index contributed by atoms with van der Waals surface area (Å²) in [6.07, 6.45) is 6.05. The van der Waals surface area contributed by atoms with Gasteiger partial charge in [0.1, 0.15) is 12.1 Å². The van der Waals surface area contributed by atoms with Gasteiger partial charge >= 0.3 is 11.5 Å². The van der Waals surface area contributed by atoms with Crippen LogP contribution < -0.4 is 4.74 Å². The van der Waals surface area contributed by atoms with Crippen molar-refractivity contribution in [1.29, 1.82) is 0 Å². The highest BCUT2D eigenvalue weighted by Crippen LogP contribution is 2.37. The molecule has 9 heteroatoms. The summed E-state index contributed by atoms with van der Waals surface area (Å²) in [5.74, 6) is 0.498. The normalized spacial score (nSPS) is 12.6. The van der Waals surface area contributed by atoms with Gasteiger partial charge in [-0.05, 0) is 55.8 Å². The molecule has 0 aliphatic heterocycles. The summed E-state index contributed by atoms with van der Waals surface area (Å²) in [5.41, 5.74) is -4.30. The Hall–Kier alpha value is -2.16. The van der Waals surface area contributed by atoms with Crippen LogP contribution in [0, 0.1) is 0 Å². The highest BCUT2D eigenvalue weighted by Gasteiger charge is 2.29. The van der Waals surface area contributed by atoms with E-state index in [9.17, 15) is 18.0 Å². The topological polar surface area (TPSA) is 47.4 Å². The van der Waals surface area contributed by atoms with Crippen molar-refractivity contribution in [1.82, 2.24) is 14.5 Å². The number of ether oxygens (including phenoxy) is 1. The van der Waals surface area contributed by atoms with Gasteiger partial charge in [0.05, 0.1) is 6.61 Å². The van der Waals surface area contributed by atoms with E-state index >= 15 is 0 Å². The van der Waals surface area contributed by atoms with E-state index in [2.05, 4.69) is 4.98 Å². The molecule has 27 heavy (non-hydrogen) atoms. The van der Waals surface area contributed by atoms with Crippen molar-refractivity contribution in [2.75, 3.05) is 13.2 Å². The van der Waals surface area contributed by atoms with Gasteiger partial charge < -0.3 is 9.64 Å². The lowest BCUT2D eigenvalue weighted by molar-refractivity contribution is -0.0328. The molecule has 2 aromatic rings. The third-order valence-corrected chi connectivity index (χ3v) is 4.70. The minimum atomic E-state index is -4.30. The number of rotatable bonds is 8.